The van der Waals surface area contributed by atoms with Crippen LogP contribution in [0.4, 0.5) is 0 Å². The van der Waals surface area contributed by atoms with Crippen molar-refractivity contribution in [2.45, 2.75) is 77.4 Å². The van der Waals surface area contributed by atoms with Gasteiger partial charge in [-0.15, -0.1) is 0 Å². The highest BCUT2D eigenvalue weighted by atomic mass is 35.5. The lowest BCUT2D eigenvalue weighted by Crippen LogP contribution is -2.51. The van der Waals surface area contributed by atoms with E-state index < -0.39 is 6.04 Å². The zero-order valence-electron chi connectivity index (χ0n) is 15.6. The van der Waals surface area contributed by atoms with E-state index in [4.69, 9.17) is 23.2 Å². The number of hydrogen-bond acceptors (Lipinski definition) is 2. The van der Waals surface area contributed by atoms with Gasteiger partial charge in [-0.05, 0) is 31.4 Å². The van der Waals surface area contributed by atoms with Crippen molar-refractivity contribution in [3.8, 4) is 0 Å². The first kappa shape index (κ1) is 21.0. The lowest BCUT2D eigenvalue weighted by Gasteiger charge is -2.33. The number of rotatable bonds is 7. The molecule has 1 saturated carbocycles. The Hall–Kier alpha value is -1.26. The van der Waals surface area contributed by atoms with E-state index in [1.165, 1.54) is 6.42 Å². The molecule has 1 aromatic carbocycles. The highest BCUT2D eigenvalue weighted by Crippen LogP contribution is 2.27. The van der Waals surface area contributed by atoms with Crippen LogP contribution in [0.5, 0.6) is 0 Å². The molecule has 6 heteroatoms. The molecular formula is C20H28Cl2N2O2. The first-order valence-corrected chi connectivity index (χ1v) is 10.3. The average molecular weight is 399 g/mol. The van der Waals surface area contributed by atoms with E-state index in [2.05, 4.69) is 5.32 Å². The Morgan fingerprint density at radius 2 is 1.77 bits per heavy atom. The van der Waals surface area contributed by atoms with Crippen molar-refractivity contribution in [2.24, 2.45) is 0 Å². The van der Waals surface area contributed by atoms with Crippen molar-refractivity contribution in [1.29, 1.82) is 0 Å². The first-order valence-electron chi connectivity index (χ1n) is 9.50. The van der Waals surface area contributed by atoms with Crippen molar-refractivity contribution in [1.82, 2.24) is 10.2 Å². The van der Waals surface area contributed by atoms with E-state index in [0.29, 0.717) is 28.5 Å². The number of benzene rings is 1. The van der Waals surface area contributed by atoms with Gasteiger partial charge in [0.15, 0.2) is 0 Å². The van der Waals surface area contributed by atoms with E-state index in [1.807, 2.05) is 6.92 Å². The van der Waals surface area contributed by atoms with Gasteiger partial charge in [0.25, 0.3) is 0 Å². The van der Waals surface area contributed by atoms with Crippen molar-refractivity contribution in [2.75, 3.05) is 0 Å². The number of hydrogen-bond donors (Lipinski definition) is 1. The van der Waals surface area contributed by atoms with Gasteiger partial charge in [0, 0.05) is 34.6 Å². The Balaban J connectivity index is 2.19. The van der Waals surface area contributed by atoms with Gasteiger partial charge in [-0.2, -0.15) is 0 Å². The van der Waals surface area contributed by atoms with Crippen LogP contribution in [0.25, 0.3) is 0 Å². The predicted molar refractivity (Wildman–Crippen MR) is 106 cm³/mol. The van der Waals surface area contributed by atoms with Crippen molar-refractivity contribution in [3.63, 3.8) is 0 Å². The van der Waals surface area contributed by atoms with Gasteiger partial charge in [0.05, 0.1) is 0 Å². The molecule has 1 atom stereocenters. The Kier molecular flexibility index (Phi) is 8.23. The number of halogens is 2. The first-order chi connectivity index (χ1) is 12.5. The second-order valence-corrected chi connectivity index (χ2v) is 7.66. The SMILES string of the molecule is CCC(=O)N(Cc1c(Cl)cccc1Cl)[C@H](CC)C(=O)NC1CCCCC1. The highest BCUT2D eigenvalue weighted by molar-refractivity contribution is 6.36. The smallest absolute Gasteiger partial charge is 0.243 e. The second kappa shape index (κ2) is 10.2. The van der Waals surface area contributed by atoms with Gasteiger partial charge in [-0.25, -0.2) is 0 Å². The standard InChI is InChI=1S/C20H28Cl2N2O2/c1-3-18(20(26)23-14-9-6-5-7-10-14)24(19(25)4-2)13-15-16(21)11-8-12-17(15)22/h8,11-12,14,18H,3-7,9-10,13H2,1-2H3,(H,23,26)/t18-/m1/s1. The number of carbonyl (C=O) groups is 2. The molecule has 0 aromatic heterocycles. The lowest BCUT2D eigenvalue weighted by molar-refractivity contribution is -0.141. The van der Waals surface area contributed by atoms with Gasteiger partial charge in [0.2, 0.25) is 11.8 Å². The molecule has 1 fully saturated rings. The molecule has 0 bridgehead atoms. The zero-order chi connectivity index (χ0) is 19.1. The van der Waals surface area contributed by atoms with Gasteiger partial charge in [0.1, 0.15) is 6.04 Å². The van der Waals surface area contributed by atoms with Crippen LogP contribution in [0.1, 0.15) is 64.4 Å². The van der Waals surface area contributed by atoms with Crippen molar-refractivity contribution >= 4 is 35.0 Å². The molecular weight excluding hydrogens is 371 g/mol. The molecule has 0 heterocycles. The highest BCUT2D eigenvalue weighted by Gasteiger charge is 2.30. The van der Waals surface area contributed by atoms with E-state index in [9.17, 15) is 9.59 Å². The monoisotopic (exact) mass is 398 g/mol. The molecule has 1 aromatic rings. The van der Waals surface area contributed by atoms with Crippen LogP contribution in [0.15, 0.2) is 18.2 Å². The third-order valence-corrected chi connectivity index (χ3v) is 5.74. The van der Waals surface area contributed by atoms with Crippen LogP contribution in [0, 0.1) is 0 Å². The summed E-state index contributed by atoms with van der Waals surface area (Å²) in [7, 11) is 0. The number of amides is 2. The molecule has 0 radical (unpaired) electrons. The van der Waals surface area contributed by atoms with E-state index in [-0.39, 0.29) is 24.4 Å². The molecule has 1 N–H and O–H groups in total. The summed E-state index contributed by atoms with van der Waals surface area (Å²) in [5.41, 5.74) is 0.682. The summed E-state index contributed by atoms with van der Waals surface area (Å²) in [6, 6.07) is 4.97. The quantitative estimate of drug-likeness (QED) is 0.705. The molecule has 1 aliphatic rings. The summed E-state index contributed by atoms with van der Waals surface area (Å²) in [6.45, 7) is 3.96. The van der Waals surface area contributed by atoms with Crippen LogP contribution < -0.4 is 5.32 Å². The van der Waals surface area contributed by atoms with Crippen molar-refractivity contribution in [3.05, 3.63) is 33.8 Å². The van der Waals surface area contributed by atoms with Gasteiger partial charge >= 0.3 is 0 Å². The Morgan fingerprint density at radius 1 is 1.15 bits per heavy atom. The Morgan fingerprint density at radius 3 is 2.31 bits per heavy atom. The molecule has 0 saturated heterocycles. The predicted octanol–water partition coefficient (Wildman–Crippen LogP) is 4.96. The summed E-state index contributed by atoms with van der Waals surface area (Å²) in [5, 5.41) is 4.16. The number of nitrogens with zero attached hydrogens (tertiary/aromatic N) is 1. The maximum absolute atomic E-state index is 12.9. The molecule has 0 spiro atoms. The van der Waals surface area contributed by atoms with Crippen LogP contribution in [0.2, 0.25) is 10.0 Å². The van der Waals surface area contributed by atoms with Gasteiger partial charge in [-0.1, -0.05) is 62.4 Å². The van der Waals surface area contributed by atoms with E-state index >= 15 is 0 Å². The molecule has 26 heavy (non-hydrogen) atoms. The summed E-state index contributed by atoms with van der Waals surface area (Å²) in [5.74, 6) is -0.156. The molecule has 2 amide bonds. The third kappa shape index (κ3) is 5.37. The van der Waals surface area contributed by atoms with E-state index in [1.54, 1.807) is 30.0 Å². The fourth-order valence-electron chi connectivity index (χ4n) is 3.52. The minimum absolute atomic E-state index is 0.0772. The zero-order valence-corrected chi connectivity index (χ0v) is 17.1. The van der Waals surface area contributed by atoms with Crippen LogP contribution in [-0.2, 0) is 16.1 Å². The van der Waals surface area contributed by atoms with Gasteiger partial charge in [-0.3, -0.25) is 9.59 Å². The molecule has 0 unspecified atom stereocenters. The summed E-state index contributed by atoms with van der Waals surface area (Å²) in [6.07, 6.45) is 6.43. The third-order valence-electron chi connectivity index (χ3n) is 5.03. The maximum atomic E-state index is 12.9. The van der Waals surface area contributed by atoms with Gasteiger partial charge < -0.3 is 10.2 Å². The maximum Gasteiger partial charge on any atom is 0.243 e. The normalized spacial score (nSPS) is 16.2. The van der Waals surface area contributed by atoms with Crippen LogP contribution in [-0.4, -0.2) is 28.8 Å². The van der Waals surface area contributed by atoms with E-state index in [0.717, 1.165) is 25.7 Å². The second-order valence-electron chi connectivity index (χ2n) is 6.84. The summed E-state index contributed by atoms with van der Waals surface area (Å²) < 4.78 is 0. The molecule has 1 aliphatic carbocycles. The minimum Gasteiger partial charge on any atom is -0.352 e. The molecule has 2 rings (SSSR count). The summed E-state index contributed by atoms with van der Waals surface area (Å²) in [4.78, 5) is 27.1. The average Bonchev–Trinajstić information content (AvgIpc) is 2.64. The molecule has 4 nitrogen and oxygen atoms in total. The van der Waals surface area contributed by atoms with Crippen molar-refractivity contribution < 1.29 is 9.59 Å². The Bertz CT molecular complexity index is 610. The molecule has 144 valence electrons. The lowest BCUT2D eigenvalue weighted by atomic mass is 9.95. The largest absolute Gasteiger partial charge is 0.352 e. The number of nitrogens with one attached hydrogen (secondary N) is 1. The fourth-order valence-corrected chi connectivity index (χ4v) is 4.04. The fraction of sp³-hybridized carbons (Fsp3) is 0.600. The topological polar surface area (TPSA) is 49.4 Å². The minimum atomic E-state index is -0.517. The summed E-state index contributed by atoms with van der Waals surface area (Å²) >= 11 is 12.6. The molecule has 0 aliphatic heterocycles. The van der Waals surface area contributed by atoms with Crippen LogP contribution >= 0.6 is 23.2 Å². The Labute approximate surface area is 166 Å². The van der Waals surface area contributed by atoms with Crippen LogP contribution in [0.3, 0.4) is 0 Å². The number of carbonyl (C=O) groups excluding carboxylic acids is 2.